The number of benzene rings is 3. The minimum absolute atomic E-state index is 0.371. The van der Waals surface area contributed by atoms with Crippen LogP contribution in [-0.4, -0.2) is 19.2 Å². The highest BCUT2D eigenvalue weighted by atomic mass is 127. The maximum absolute atomic E-state index is 12.2. The van der Waals surface area contributed by atoms with Crippen LogP contribution in [0.1, 0.15) is 21.5 Å². The summed E-state index contributed by atoms with van der Waals surface area (Å²) >= 11 is 2.19. The van der Waals surface area contributed by atoms with E-state index in [-0.39, 0.29) is 5.91 Å². The van der Waals surface area contributed by atoms with E-state index >= 15 is 0 Å². The third-order valence-electron chi connectivity index (χ3n) is 4.06. The number of nitrogens with zero attached hydrogens (tertiary/aromatic N) is 1. The number of ether oxygens (including phenoxy) is 2. The van der Waals surface area contributed by atoms with E-state index in [0.29, 0.717) is 29.4 Å². The molecule has 0 aliphatic carbocycles. The zero-order valence-corrected chi connectivity index (χ0v) is 17.9. The molecule has 29 heavy (non-hydrogen) atoms. The molecule has 0 saturated heterocycles. The first kappa shape index (κ1) is 20.7. The molecule has 1 amide bonds. The Kier molecular flexibility index (Phi) is 7.07. The molecule has 0 aromatic heterocycles. The Labute approximate surface area is 182 Å². The zero-order chi connectivity index (χ0) is 20.6. The molecule has 3 aromatic rings. The van der Waals surface area contributed by atoms with Crippen LogP contribution in [0.25, 0.3) is 0 Å². The molecule has 0 spiro atoms. The van der Waals surface area contributed by atoms with Crippen LogP contribution >= 0.6 is 22.6 Å². The highest BCUT2D eigenvalue weighted by molar-refractivity contribution is 14.1. The van der Waals surface area contributed by atoms with Crippen molar-refractivity contribution < 1.29 is 14.3 Å². The van der Waals surface area contributed by atoms with Crippen molar-refractivity contribution in [3.63, 3.8) is 0 Å². The molecule has 3 aromatic carbocycles. The van der Waals surface area contributed by atoms with E-state index in [9.17, 15) is 4.79 Å². The molecular formula is C22H20IN3O3. The fourth-order valence-electron chi connectivity index (χ4n) is 2.61. The number of halogens is 1. The fraction of sp³-hybridized carbons (Fsp3) is 0.0909. The smallest absolute Gasteiger partial charge is 0.273 e. The van der Waals surface area contributed by atoms with Gasteiger partial charge in [0.1, 0.15) is 6.61 Å². The molecule has 0 saturated carbocycles. The van der Waals surface area contributed by atoms with Crippen LogP contribution in [0, 0.1) is 3.57 Å². The minimum Gasteiger partial charge on any atom is -0.493 e. The van der Waals surface area contributed by atoms with E-state index in [1.807, 2.05) is 36.4 Å². The van der Waals surface area contributed by atoms with Crippen LogP contribution in [-0.2, 0) is 6.61 Å². The van der Waals surface area contributed by atoms with Crippen molar-refractivity contribution in [1.82, 2.24) is 5.43 Å². The summed E-state index contributed by atoms with van der Waals surface area (Å²) in [4.78, 5) is 12.2. The van der Waals surface area contributed by atoms with E-state index in [4.69, 9.17) is 15.2 Å². The SMILES string of the molecule is COc1cc(/C=N/NC(=O)c2ccccc2N)cc(I)c1OCc1ccccc1. The van der Waals surface area contributed by atoms with Crippen molar-refractivity contribution in [2.24, 2.45) is 5.10 Å². The van der Waals surface area contributed by atoms with Gasteiger partial charge >= 0.3 is 0 Å². The number of para-hydroxylation sites is 1. The van der Waals surface area contributed by atoms with Gasteiger partial charge in [-0.3, -0.25) is 4.79 Å². The van der Waals surface area contributed by atoms with Gasteiger partial charge in [0.2, 0.25) is 0 Å². The maximum atomic E-state index is 12.2. The maximum Gasteiger partial charge on any atom is 0.273 e. The second kappa shape index (κ2) is 9.92. The van der Waals surface area contributed by atoms with Gasteiger partial charge in [-0.15, -0.1) is 0 Å². The standard InChI is InChI=1S/C22H20IN3O3/c1-28-20-12-16(13-25-26-22(27)17-9-5-6-10-19(17)24)11-18(23)21(20)29-14-15-7-3-2-4-8-15/h2-13H,14,24H2,1H3,(H,26,27)/b25-13+. The van der Waals surface area contributed by atoms with Gasteiger partial charge in [0.15, 0.2) is 11.5 Å². The average molecular weight is 501 g/mol. The van der Waals surface area contributed by atoms with Crippen LogP contribution in [0.5, 0.6) is 11.5 Å². The summed E-state index contributed by atoms with van der Waals surface area (Å²) < 4.78 is 12.3. The molecule has 0 aliphatic rings. The van der Waals surface area contributed by atoms with Crippen molar-refractivity contribution >= 4 is 40.4 Å². The second-order valence-corrected chi connectivity index (χ2v) is 7.26. The molecule has 7 heteroatoms. The van der Waals surface area contributed by atoms with Crippen molar-refractivity contribution in [3.8, 4) is 11.5 Å². The van der Waals surface area contributed by atoms with Crippen molar-refractivity contribution in [3.05, 3.63) is 87.0 Å². The van der Waals surface area contributed by atoms with Gasteiger partial charge in [0, 0.05) is 5.69 Å². The predicted molar refractivity (Wildman–Crippen MR) is 122 cm³/mol. The number of amides is 1. The molecule has 0 bridgehead atoms. The number of rotatable bonds is 7. The Balaban J connectivity index is 1.70. The number of hydrazone groups is 1. The van der Waals surface area contributed by atoms with Gasteiger partial charge in [-0.1, -0.05) is 42.5 Å². The number of methoxy groups -OCH3 is 1. The third kappa shape index (κ3) is 5.47. The van der Waals surface area contributed by atoms with Crippen molar-refractivity contribution in [2.75, 3.05) is 12.8 Å². The number of hydrogen-bond donors (Lipinski definition) is 2. The van der Waals surface area contributed by atoms with Crippen LogP contribution in [0.4, 0.5) is 5.69 Å². The summed E-state index contributed by atoms with van der Waals surface area (Å²) in [5, 5.41) is 4.02. The Bertz CT molecular complexity index is 1020. The Hall–Kier alpha value is -3.07. The highest BCUT2D eigenvalue weighted by Crippen LogP contribution is 2.34. The predicted octanol–water partition coefficient (Wildman–Crippen LogP) is 4.22. The zero-order valence-electron chi connectivity index (χ0n) is 15.8. The summed E-state index contributed by atoms with van der Waals surface area (Å²) in [7, 11) is 1.58. The molecule has 148 valence electrons. The molecule has 0 atom stereocenters. The Morgan fingerprint density at radius 2 is 1.86 bits per heavy atom. The van der Waals surface area contributed by atoms with Gasteiger partial charge in [0.25, 0.3) is 5.91 Å². The second-order valence-electron chi connectivity index (χ2n) is 6.09. The topological polar surface area (TPSA) is 85.9 Å². The Morgan fingerprint density at radius 3 is 2.59 bits per heavy atom. The van der Waals surface area contributed by atoms with Crippen LogP contribution in [0.3, 0.4) is 0 Å². The summed E-state index contributed by atoms with van der Waals surface area (Å²) in [6.45, 7) is 0.440. The molecule has 0 unspecified atom stereocenters. The minimum atomic E-state index is -0.371. The van der Waals surface area contributed by atoms with Gasteiger partial charge in [-0.05, 0) is 58.0 Å². The lowest BCUT2D eigenvalue weighted by Gasteiger charge is -2.13. The molecule has 3 rings (SSSR count). The lowest BCUT2D eigenvalue weighted by Crippen LogP contribution is -2.19. The molecule has 6 nitrogen and oxygen atoms in total. The van der Waals surface area contributed by atoms with Gasteiger partial charge in [-0.25, -0.2) is 5.43 Å². The first-order chi connectivity index (χ1) is 14.1. The van der Waals surface area contributed by atoms with Crippen LogP contribution in [0.2, 0.25) is 0 Å². The summed E-state index contributed by atoms with van der Waals surface area (Å²) in [6.07, 6.45) is 1.54. The normalized spacial score (nSPS) is 10.7. The number of carbonyl (C=O) groups excluding carboxylic acids is 1. The lowest BCUT2D eigenvalue weighted by atomic mass is 10.2. The number of anilines is 1. The average Bonchev–Trinajstić information content (AvgIpc) is 2.73. The van der Waals surface area contributed by atoms with Crippen LogP contribution in [0.15, 0.2) is 71.8 Å². The summed E-state index contributed by atoms with van der Waals surface area (Å²) in [5.74, 6) is 0.881. The van der Waals surface area contributed by atoms with Crippen molar-refractivity contribution in [1.29, 1.82) is 0 Å². The Morgan fingerprint density at radius 1 is 1.14 bits per heavy atom. The summed E-state index contributed by atoms with van der Waals surface area (Å²) in [5.41, 5.74) is 10.9. The summed E-state index contributed by atoms with van der Waals surface area (Å²) in [6, 6.07) is 20.4. The fourth-order valence-corrected chi connectivity index (χ4v) is 3.39. The number of hydrogen-bond acceptors (Lipinski definition) is 5. The quantitative estimate of drug-likeness (QED) is 0.220. The molecule has 0 fully saturated rings. The van der Waals surface area contributed by atoms with Gasteiger partial charge in [-0.2, -0.15) is 5.10 Å². The number of carbonyl (C=O) groups is 1. The van der Waals surface area contributed by atoms with Crippen LogP contribution < -0.4 is 20.6 Å². The lowest BCUT2D eigenvalue weighted by molar-refractivity contribution is 0.0956. The van der Waals surface area contributed by atoms with Gasteiger partial charge < -0.3 is 15.2 Å². The molecule has 0 radical (unpaired) electrons. The molecule has 0 aliphatic heterocycles. The number of nitrogens with two attached hydrogens (primary N) is 1. The molecular weight excluding hydrogens is 481 g/mol. The van der Waals surface area contributed by atoms with Crippen molar-refractivity contribution in [2.45, 2.75) is 6.61 Å². The van der Waals surface area contributed by atoms with E-state index in [2.05, 4.69) is 33.1 Å². The van der Waals surface area contributed by atoms with E-state index in [1.165, 1.54) is 0 Å². The first-order valence-corrected chi connectivity index (χ1v) is 9.88. The number of nitrogens with one attached hydrogen (secondary N) is 1. The largest absolute Gasteiger partial charge is 0.493 e. The van der Waals surface area contributed by atoms with E-state index in [0.717, 1.165) is 14.7 Å². The number of nitrogen functional groups attached to an aromatic ring is 1. The van der Waals surface area contributed by atoms with E-state index < -0.39 is 0 Å². The molecule has 0 heterocycles. The monoisotopic (exact) mass is 501 g/mol. The van der Waals surface area contributed by atoms with Gasteiger partial charge in [0.05, 0.1) is 22.5 Å². The third-order valence-corrected chi connectivity index (χ3v) is 4.86. The first-order valence-electron chi connectivity index (χ1n) is 8.80. The highest BCUT2D eigenvalue weighted by Gasteiger charge is 2.12. The van der Waals surface area contributed by atoms with E-state index in [1.54, 1.807) is 43.7 Å². The molecule has 3 N–H and O–H groups in total.